The first kappa shape index (κ1) is 22.4. The molecule has 7 heteroatoms. The van der Waals surface area contributed by atoms with Crippen LogP contribution in [0, 0.1) is 0 Å². The van der Waals surface area contributed by atoms with Crippen LogP contribution in [0.3, 0.4) is 0 Å². The van der Waals surface area contributed by atoms with Crippen LogP contribution in [0.15, 0.2) is 83.7 Å². The van der Waals surface area contributed by atoms with Gasteiger partial charge in [-0.15, -0.1) is 0 Å². The van der Waals surface area contributed by atoms with Crippen LogP contribution >= 0.6 is 0 Å². The third kappa shape index (κ3) is 5.91. The molecule has 33 heavy (non-hydrogen) atoms. The lowest BCUT2D eigenvalue weighted by atomic mass is 10.1. The lowest BCUT2D eigenvalue weighted by Crippen LogP contribution is -2.28. The SMILES string of the molecule is COCCN(Cc1ccc(C(=O)Nc2ccccc2)cc1)Cc1nc2ccccc2c(=O)[nH]1. The van der Waals surface area contributed by atoms with E-state index in [1.54, 1.807) is 13.2 Å². The molecule has 3 aromatic carbocycles. The maximum Gasteiger partial charge on any atom is 0.258 e. The predicted octanol–water partition coefficient (Wildman–Crippen LogP) is 3.82. The lowest BCUT2D eigenvalue weighted by Gasteiger charge is -2.21. The predicted molar refractivity (Wildman–Crippen MR) is 129 cm³/mol. The summed E-state index contributed by atoms with van der Waals surface area (Å²) < 4.78 is 5.26. The number of hydrogen-bond acceptors (Lipinski definition) is 5. The number of anilines is 1. The van der Waals surface area contributed by atoms with E-state index in [0.29, 0.717) is 48.5 Å². The molecule has 0 aliphatic rings. The van der Waals surface area contributed by atoms with Crippen molar-refractivity contribution in [3.05, 3.63) is 106 Å². The fraction of sp³-hybridized carbons (Fsp3) is 0.192. The molecular formula is C26H26N4O3. The van der Waals surface area contributed by atoms with Crippen LogP contribution in [0.1, 0.15) is 21.7 Å². The number of para-hydroxylation sites is 2. The summed E-state index contributed by atoms with van der Waals surface area (Å²) in [5.74, 6) is 0.454. The van der Waals surface area contributed by atoms with Gasteiger partial charge in [-0.25, -0.2) is 4.98 Å². The van der Waals surface area contributed by atoms with Gasteiger partial charge in [0.1, 0.15) is 5.82 Å². The van der Waals surface area contributed by atoms with E-state index in [0.717, 1.165) is 11.3 Å². The average molecular weight is 443 g/mol. The number of fused-ring (bicyclic) bond motifs is 1. The van der Waals surface area contributed by atoms with Crippen LogP contribution in [0.5, 0.6) is 0 Å². The summed E-state index contributed by atoms with van der Waals surface area (Å²) in [6.45, 7) is 2.32. The van der Waals surface area contributed by atoms with E-state index >= 15 is 0 Å². The Morgan fingerprint density at radius 3 is 2.45 bits per heavy atom. The van der Waals surface area contributed by atoms with Crippen molar-refractivity contribution in [1.82, 2.24) is 14.9 Å². The van der Waals surface area contributed by atoms with E-state index in [2.05, 4.69) is 20.2 Å². The highest BCUT2D eigenvalue weighted by atomic mass is 16.5. The molecule has 0 spiro atoms. The van der Waals surface area contributed by atoms with E-state index in [9.17, 15) is 9.59 Å². The van der Waals surface area contributed by atoms with Gasteiger partial charge in [0, 0.05) is 31.5 Å². The molecule has 0 fully saturated rings. The number of carbonyl (C=O) groups excluding carboxylic acids is 1. The number of methoxy groups -OCH3 is 1. The fourth-order valence-corrected chi connectivity index (χ4v) is 3.60. The highest BCUT2D eigenvalue weighted by Crippen LogP contribution is 2.13. The molecule has 2 N–H and O–H groups in total. The Labute approximate surface area is 192 Å². The van der Waals surface area contributed by atoms with Gasteiger partial charge < -0.3 is 15.0 Å². The number of carbonyl (C=O) groups is 1. The van der Waals surface area contributed by atoms with Crippen LogP contribution in [0.2, 0.25) is 0 Å². The Morgan fingerprint density at radius 2 is 1.70 bits per heavy atom. The number of amides is 1. The highest BCUT2D eigenvalue weighted by molar-refractivity contribution is 6.04. The van der Waals surface area contributed by atoms with E-state index < -0.39 is 0 Å². The van der Waals surface area contributed by atoms with Crippen molar-refractivity contribution < 1.29 is 9.53 Å². The molecule has 168 valence electrons. The largest absolute Gasteiger partial charge is 0.383 e. The number of hydrogen-bond donors (Lipinski definition) is 2. The van der Waals surface area contributed by atoms with Gasteiger partial charge in [0.25, 0.3) is 11.5 Å². The molecule has 1 aromatic heterocycles. The first-order chi connectivity index (χ1) is 16.1. The number of nitrogens with zero attached hydrogens (tertiary/aromatic N) is 2. The number of aromatic amines is 1. The molecule has 0 radical (unpaired) electrons. The second-order valence-corrected chi connectivity index (χ2v) is 7.75. The third-order valence-electron chi connectivity index (χ3n) is 5.30. The number of H-pyrrole nitrogens is 1. The van der Waals surface area contributed by atoms with Crippen molar-refractivity contribution in [1.29, 1.82) is 0 Å². The molecule has 0 aliphatic carbocycles. The Kier molecular flexibility index (Phi) is 7.24. The van der Waals surface area contributed by atoms with E-state index in [4.69, 9.17) is 4.74 Å². The Hall–Kier alpha value is -3.81. The topological polar surface area (TPSA) is 87.3 Å². The lowest BCUT2D eigenvalue weighted by molar-refractivity contribution is 0.102. The zero-order valence-corrected chi connectivity index (χ0v) is 18.5. The van der Waals surface area contributed by atoms with Crippen LogP contribution in [-0.4, -0.2) is 41.0 Å². The first-order valence-corrected chi connectivity index (χ1v) is 10.8. The molecule has 4 rings (SSSR count). The van der Waals surface area contributed by atoms with Crippen molar-refractivity contribution in [2.75, 3.05) is 25.6 Å². The summed E-state index contributed by atoms with van der Waals surface area (Å²) in [5.41, 5.74) is 2.93. The van der Waals surface area contributed by atoms with Crippen molar-refractivity contribution in [3.8, 4) is 0 Å². The number of benzene rings is 3. The van der Waals surface area contributed by atoms with Crippen molar-refractivity contribution in [3.63, 3.8) is 0 Å². The standard InChI is InChI=1S/C26H26N4O3/c1-33-16-15-30(18-24-28-23-10-6-5-9-22(23)26(32)29-24)17-19-11-13-20(14-12-19)25(31)27-21-7-3-2-4-8-21/h2-14H,15-18H2,1H3,(H,27,31)(H,28,29,32). The maximum atomic E-state index is 12.5. The average Bonchev–Trinajstić information content (AvgIpc) is 2.83. The van der Waals surface area contributed by atoms with Gasteiger partial charge in [-0.2, -0.15) is 0 Å². The number of ether oxygens (including phenoxy) is 1. The normalized spacial score (nSPS) is 11.1. The number of nitrogens with one attached hydrogen (secondary N) is 2. The van der Waals surface area contributed by atoms with E-state index in [1.165, 1.54) is 0 Å². The molecule has 7 nitrogen and oxygen atoms in total. The molecule has 0 aliphatic heterocycles. The second-order valence-electron chi connectivity index (χ2n) is 7.75. The van der Waals surface area contributed by atoms with Gasteiger partial charge in [-0.3, -0.25) is 14.5 Å². The molecule has 1 amide bonds. The Balaban J connectivity index is 1.46. The van der Waals surface area contributed by atoms with Crippen molar-refractivity contribution in [2.24, 2.45) is 0 Å². The van der Waals surface area contributed by atoms with E-state index in [-0.39, 0.29) is 11.5 Å². The molecule has 0 atom stereocenters. The van der Waals surface area contributed by atoms with Gasteiger partial charge in [-0.1, -0.05) is 42.5 Å². The van der Waals surface area contributed by atoms with Gasteiger partial charge >= 0.3 is 0 Å². The summed E-state index contributed by atoms with van der Waals surface area (Å²) in [4.78, 5) is 34.5. The Morgan fingerprint density at radius 1 is 0.970 bits per heavy atom. The second kappa shape index (κ2) is 10.7. The third-order valence-corrected chi connectivity index (χ3v) is 5.30. The summed E-state index contributed by atoms with van der Waals surface area (Å²) in [6, 6.07) is 24.2. The summed E-state index contributed by atoms with van der Waals surface area (Å²) in [5, 5.41) is 3.47. The van der Waals surface area contributed by atoms with Crippen LogP contribution in [0.4, 0.5) is 5.69 Å². The van der Waals surface area contributed by atoms with Crippen LogP contribution < -0.4 is 10.9 Å². The van der Waals surface area contributed by atoms with Crippen molar-refractivity contribution >= 4 is 22.5 Å². The quantitative estimate of drug-likeness (QED) is 0.411. The van der Waals surface area contributed by atoms with Gasteiger partial charge in [-0.05, 0) is 42.0 Å². The van der Waals surface area contributed by atoms with E-state index in [1.807, 2.05) is 72.8 Å². The number of rotatable bonds is 9. The molecule has 0 unspecified atom stereocenters. The molecule has 1 heterocycles. The molecule has 0 bridgehead atoms. The molecule has 0 saturated heterocycles. The van der Waals surface area contributed by atoms with Gasteiger partial charge in [0.05, 0.1) is 24.1 Å². The minimum Gasteiger partial charge on any atom is -0.383 e. The molecule has 4 aromatic rings. The zero-order valence-electron chi connectivity index (χ0n) is 18.5. The van der Waals surface area contributed by atoms with Crippen LogP contribution in [0.25, 0.3) is 10.9 Å². The minimum atomic E-state index is -0.151. The van der Waals surface area contributed by atoms with Crippen LogP contribution in [-0.2, 0) is 17.8 Å². The summed E-state index contributed by atoms with van der Waals surface area (Å²) in [7, 11) is 1.66. The Bertz CT molecular complexity index is 1270. The summed E-state index contributed by atoms with van der Waals surface area (Å²) in [6.07, 6.45) is 0. The summed E-state index contributed by atoms with van der Waals surface area (Å²) >= 11 is 0. The monoisotopic (exact) mass is 442 g/mol. The fourth-order valence-electron chi connectivity index (χ4n) is 3.60. The van der Waals surface area contributed by atoms with Gasteiger partial charge in [0.2, 0.25) is 0 Å². The molecule has 0 saturated carbocycles. The zero-order chi connectivity index (χ0) is 23.0. The smallest absolute Gasteiger partial charge is 0.258 e. The minimum absolute atomic E-state index is 0.143. The maximum absolute atomic E-state index is 12.5. The number of aromatic nitrogens is 2. The first-order valence-electron chi connectivity index (χ1n) is 10.8. The molecular weight excluding hydrogens is 416 g/mol. The highest BCUT2D eigenvalue weighted by Gasteiger charge is 2.12. The van der Waals surface area contributed by atoms with Gasteiger partial charge in [0.15, 0.2) is 0 Å². The van der Waals surface area contributed by atoms with Crippen molar-refractivity contribution in [2.45, 2.75) is 13.1 Å².